The molecule has 142 valence electrons. The molecule has 1 atom stereocenters. The summed E-state index contributed by atoms with van der Waals surface area (Å²) >= 11 is 0. The summed E-state index contributed by atoms with van der Waals surface area (Å²) < 4.78 is 7.18. The largest absolute Gasteiger partial charge is 0.449 e. The van der Waals surface area contributed by atoms with Gasteiger partial charge in [-0.2, -0.15) is 5.10 Å². The Labute approximate surface area is 154 Å². The molecule has 7 nitrogen and oxygen atoms in total. The minimum Gasteiger partial charge on any atom is -0.449 e. The van der Waals surface area contributed by atoms with E-state index in [9.17, 15) is 9.59 Å². The molecule has 2 aromatic heterocycles. The molecule has 0 spiro atoms. The lowest BCUT2D eigenvalue weighted by molar-refractivity contribution is -0.129. The summed E-state index contributed by atoms with van der Waals surface area (Å²) in [5.74, 6) is -0.694. The Hall–Kier alpha value is -2.44. The summed E-state index contributed by atoms with van der Waals surface area (Å²) in [6.07, 6.45) is 1.59. The van der Waals surface area contributed by atoms with Crippen LogP contribution in [0.1, 0.15) is 76.0 Å². The second-order valence-corrected chi connectivity index (χ2v) is 7.01. The first-order valence-corrected chi connectivity index (χ1v) is 9.13. The fraction of sp³-hybridized carbons (Fsp3) is 0.579. The summed E-state index contributed by atoms with van der Waals surface area (Å²) in [6.45, 7) is 12.1. The normalized spacial score (nSPS) is 12.6. The van der Waals surface area contributed by atoms with Crippen LogP contribution in [0.4, 0.5) is 0 Å². The minimum absolute atomic E-state index is 0.116. The number of esters is 1. The average molecular weight is 360 g/mol. The van der Waals surface area contributed by atoms with Gasteiger partial charge < -0.3 is 10.1 Å². The third kappa shape index (κ3) is 4.20. The van der Waals surface area contributed by atoms with Gasteiger partial charge in [0.05, 0.1) is 17.1 Å². The first-order chi connectivity index (χ1) is 12.3. The molecule has 0 unspecified atom stereocenters. The molecule has 0 fully saturated rings. The maximum absolute atomic E-state index is 12.7. The molecule has 1 amide bonds. The van der Waals surface area contributed by atoms with Crippen LogP contribution in [0.25, 0.3) is 11.0 Å². The molecule has 1 N–H and O–H groups in total. The third-order valence-electron chi connectivity index (χ3n) is 4.09. The van der Waals surface area contributed by atoms with Gasteiger partial charge in [0.15, 0.2) is 11.8 Å². The number of hydrogen-bond donors (Lipinski definition) is 1. The van der Waals surface area contributed by atoms with Gasteiger partial charge in [0.25, 0.3) is 5.91 Å². The number of aromatic nitrogens is 3. The molecular weight excluding hydrogens is 332 g/mol. The molecule has 0 aromatic carbocycles. The van der Waals surface area contributed by atoms with E-state index in [1.807, 2.05) is 34.6 Å². The Bertz CT molecular complexity index is 795. The van der Waals surface area contributed by atoms with Gasteiger partial charge in [-0.1, -0.05) is 20.8 Å². The van der Waals surface area contributed by atoms with E-state index in [-0.39, 0.29) is 17.9 Å². The highest BCUT2D eigenvalue weighted by Crippen LogP contribution is 2.25. The molecule has 26 heavy (non-hydrogen) atoms. The first-order valence-electron chi connectivity index (χ1n) is 9.13. The van der Waals surface area contributed by atoms with E-state index in [0.717, 1.165) is 12.1 Å². The van der Waals surface area contributed by atoms with Gasteiger partial charge >= 0.3 is 5.97 Å². The zero-order valence-corrected chi connectivity index (χ0v) is 16.4. The Morgan fingerprint density at radius 1 is 1.23 bits per heavy atom. The van der Waals surface area contributed by atoms with Crippen LogP contribution in [-0.2, 0) is 9.53 Å². The Balaban J connectivity index is 2.38. The summed E-state index contributed by atoms with van der Waals surface area (Å²) in [7, 11) is 0. The van der Waals surface area contributed by atoms with Crippen LogP contribution in [0.2, 0.25) is 0 Å². The molecule has 0 saturated heterocycles. The van der Waals surface area contributed by atoms with Gasteiger partial charge in [-0.15, -0.1) is 0 Å². The number of nitrogens with zero attached hydrogens (tertiary/aromatic N) is 3. The smallest absolute Gasteiger partial charge is 0.339 e. The van der Waals surface area contributed by atoms with Crippen LogP contribution in [0.15, 0.2) is 12.3 Å². The molecule has 0 saturated carbocycles. The molecular formula is C19H28N4O3. The van der Waals surface area contributed by atoms with E-state index in [1.165, 1.54) is 0 Å². The Morgan fingerprint density at radius 2 is 1.92 bits per heavy atom. The molecule has 0 radical (unpaired) electrons. The highest BCUT2D eigenvalue weighted by Gasteiger charge is 2.23. The lowest BCUT2D eigenvalue weighted by atomic mass is 10.1. The molecule has 2 aromatic rings. The number of carbonyl (C=O) groups is 2. The Kier molecular flexibility index (Phi) is 6.34. The van der Waals surface area contributed by atoms with Crippen LogP contribution in [0.3, 0.4) is 0 Å². The summed E-state index contributed by atoms with van der Waals surface area (Å²) in [5.41, 5.74) is 1.83. The van der Waals surface area contributed by atoms with Crippen LogP contribution in [-0.4, -0.2) is 39.3 Å². The van der Waals surface area contributed by atoms with Gasteiger partial charge in [-0.3, -0.25) is 4.79 Å². The van der Waals surface area contributed by atoms with Crippen LogP contribution in [0.5, 0.6) is 0 Å². The zero-order chi connectivity index (χ0) is 19.4. The number of amides is 1. The van der Waals surface area contributed by atoms with Crippen LogP contribution >= 0.6 is 0 Å². The van der Waals surface area contributed by atoms with Gasteiger partial charge in [0, 0.05) is 18.3 Å². The number of nitrogens with one attached hydrogen (secondary N) is 1. The average Bonchev–Trinajstić information content (AvgIpc) is 3.02. The number of ether oxygens (including phenoxy) is 1. The predicted octanol–water partition coefficient (Wildman–Crippen LogP) is 3.21. The van der Waals surface area contributed by atoms with Crippen molar-refractivity contribution in [1.82, 2.24) is 20.1 Å². The van der Waals surface area contributed by atoms with Crippen molar-refractivity contribution in [3.63, 3.8) is 0 Å². The van der Waals surface area contributed by atoms with Crippen molar-refractivity contribution >= 4 is 22.9 Å². The first kappa shape index (κ1) is 19.9. The third-order valence-corrected chi connectivity index (χ3v) is 4.09. The van der Waals surface area contributed by atoms with Gasteiger partial charge in [0.2, 0.25) is 0 Å². The van der Waals surface area contributed by atoms with E-state index in [2.05, 4.69) is 15.4 Å². The minimum atomic E-state index is -0.861. The number of carbonyl (C=O) groups excluding carboxylic acids is 2. The second-order valence-electron chi connectivity index (χ2n) is 7.01. The molecule has 2 rings (SSSR count). The van der Waals surface area contributed by atoms with Gasteiger partial charge in [0.1, 0.15) is 0 Å². The molecule has 0 aliphatic carbocycles. The SMILES string of the molecule is CCCNC(=O)[C@@H](C)OC(=O)c1cc(C(C)C)nc2c1cnn2C(C)C. The van der Waals surface area contributed by atoms with Crippen molar-refractivity contribution in [2.75, 3.05) is 6.54 Å². The maximum Gasteiger partial charge on any atom is 0.339 e. The fourth-order valence-electron chi connectivity index (χ4n) is 2.55. The maximum atomic E-state index is 12.7. The summed E-state index contributed by atoms with van der Waals surface area (Å²) in [5, 5.41) is 7.72. The lowest BCUT2D eigenvalue weighted by Gasteiger charge is -2.15. The van der Waals surface area contributed by atoms with Crippen molar-refractivity contribution in [1.29, 1.82) is 0 Å². The quantitative estimate of drug-likeness (QED) is 0.766. The van der Waals surface area contributed by atoms with E-state index in [0.29, 0.717) is 23.1 Å². The number of pyridine rings is 1. The van der Waals surface area contributed by atoms with E-state index in [4.69, 9.17) is 4.74 Å². The highest BCUT2D eigenvalue weighted by molar-refractivity contribution is 6.03. The van der Waals surface area contributed by atoms with Crippen molar-refractivity contribution < 1.29 is 14.3 Å². The zero-order valence-electron chi connectivity index (χ0n) is 16.4. The van der Waals surface area contributed by atoms with Crippen LogP contribution < -0.4 is 5.32 Å². The van der Waals surface area contributed by atoms with E-state index < -0.39 is 12.1 Å². The monoisotopic (exact) mass is 360 g/mol. The molecule has 0 aliphatic heterocycles. The van der Waals surface area contributed by atoms with E-state index >= 15 is 0 Å². The predicted molar refractivity (Wildman–Crippen MR) is 100 cm³/mol. The van der Waals surface area contributed by atoms with Gasteiger partial charge in [-0.25, -0.2) is 14.5 Å². The van der Waals surface area contributed by atoms with Crippen molar-refractivity contribution in [3.8, 4) is 0 Å². The summed E-state index contributed by atoms with van der Waals surface area (Å²) in [6, 6.07) is 1.85. The number of hydrogen-bond acceptors (Lipinski definition) is 5. The molecule has 0 aliphatic rings. The van der Waals surface area contributed by atoms with E-state index in [1.54, 1.807) is 23.9 Å². The van der Waals surface area contributed by atoms with Gasteiger partial charge in [-0.05, 0) is 39.2 Å². The van der Waals surface area contributed by atoms with Crippen molar-refractivity contribution in [2.24, 2.45) is 0 Å². The molecule has 0 bridgehead atoms. The van der Waals surface area contributed by atoms with Crippen molar-refractivity contribution in [2.45, 2.75) is 66.0 Å². The summed E-state index contributed by atoms with van der Waals surface area (Å²) in [4.78, 5) is 29.4. The number of fused-ring (bicyclic) bond motifs is 1. The van der Waals surface area contributed by atoms with Crippen LogP contribution in [0, 0.1) is 0 Å². The number of rotatable bonds is 7. The highest BCUT2D eigenvalue weighted by atomic mass is 16.5. The van der Waals surface area contributed by atoms with Crippen molar-refractivity contribution in [3.05, 3.63) is 23.5 Å². The molecule has 2 heterocycles. The fourth-order valence-corrected chi connectivity index (χ4v) is 2.55. The Morgan fingerprint density at radius 3 is 2.50 bits per heavy atom. The lowest BCUT2D eigenvalue weighted by Crippen LogP contribution is -2.36. The molecule has 7 heteroatoms. The topological polar surface area (TPSA) is 86.1 Å². The second kappa shape index (κ2) is 8.29. The standard InChI is InChI=1S/C19H28N4O3/c1-7-8-20-18(24)13(6)26-19(25)14-9-16(11(2)3)22-17-15(14)10-21-23(17)12(4)5/h9-13H,7-8H2,1-6H3,(H,20,24)/t13-/m1/s1.